The topological polar surface area (TPSA) is 121 Å². The Labute approximate surface area is 174 Å². The fourth-order valence-corrected chi connectivity index (χ4v) is 3.41. The maximum atomic E-state index is 11.7. The van der Waals surface area contributed by atoms with Crippen LogP contribution in [-0.4, -0.2) is 43.6 Å². The van der Waals surface area contributed by atoms with Crippen LogP contribution in [-0.2, 0) is 16.0 Å². The first-order valence-corrected chi connectivity index (χ1v) is 11.4. The number of nitrogens with one attached hydrogen (secondary N) is 2. The summed E-state index contributed by atoms with van der Waals surface area (Å²) in [7, 11) is 0. The number of carbonyl (C=O) groups is 2. The minimum Gasteiger partial charge on any atom is -0.480 e. The van der Waals surface area contributed by atoms with Crippen molar-refractivity contribution < 1.29 is 14.7 Å². The second kappa shape index (κ2) is 16.9. The number of carbonyl (C=O) groups excluding carboxylic acids is 1. The maximum Gasteiger partial charge on any atom is 0.326 e. The minimum absolute atomic E-state index is 0.144. The molecule has 0 bridgehead atoms. The van der Waals surface area contributed by atoms with Gasteiger partial charge in [0.25, 0.3) is 0 Å². The largest absolute Gasteiger partial charge is 0.480 e. The number of tetrazole rings is 1. The first kappa shape index (κ1) is 25.0. The highest BCUT2D eigenvalue weighted by Gasteiger charge is 2.16. The number of hydrogen-bond acceptors (Lipinski definition) is 5. The summed E-state index contributed by atoms with van der Waals surface area (Å²) in [5.74, 6) is -0.215. The Hall–Kier alpha value is -1.99. The van der Waals surface area contributed by atoms with Crippen LogP contribution in [0.1, 0.15) is 109 Å². The molecule has 1 atom stereocenters. The van der Waals surface area contributed by atoms with E-state index in [0.29, 0.717) is 12.8 Å². The standard InChI is InChI=1S/C21H39N5O3/c1-2-18(21(28)29)22-20(27)17-15-13-11-9-7-5-3-4-6-8-10-12-14-16-19-23-25-26-24-19/h18H,2-17H2,1H3,(H,22,27)(H,28,29)(H,23,24,25,26). The zero-order chi connectivity index (χ0) is 21.2. The molecule has 0 aromatic carbocycles. The number of rotatable bonds is 19. The van der Waals surface area contributed by atoms with Crippen LogP contribution >= 0.6 is 0 Å². The van der Waals surface area contributed by atoms with Crippen molar-refractivity contribution in [1.29, 1.82) is 0 Å². The molecule has 1 amide bonds. The molecule has 8 nitrogen and oxygen atoms in total. The Kier molecular flexibility index (Phi) is 14.6. The van der Waals surface area contributed by atoms with Gasteiger partial charge in [0, 0.05) is 12.8 Å². The molecule has 1 heterocycles. The number of aryl methyl sites for hydroxylation is 1. The highest BCUT2D eigenvalue weighted by molar-refractivity contribution is 5.83. The third-order valence-electron chi connectivity index (χ3n) is 5.25. The molecule has 1 unspecified atom stereocenters. The van der Waals surface area contributed by atoms with E-state index in [1.54, 1.807) is 6.92 Å². The van der Waals surface area contributed by atoms with Crippen LogP contribution in [0.3, 0.4) is 0 Å². The fourth-order valence-electron chi connectivity index (χ4n) is 3.41. The monoisotopic (exact) mass is 409 g/mol. The number of aromatic nitrogens is 4. The number of aromatic amines is 1. The van der Waals surface area contributed by atoms with Crippen molar-refractivity contribution in [3.8, 4) is 0 Å². The molecule has 0 spiro atoms. The van der Waals surface area contributed by atoms with Crippen molar-refractivity contribution in [1.82, 2.24) is 25.9 Å². The van der Waals surface area contributed by atoms with E-state index in [-0.39, 0.29) is 5.91 Å². The molecular formula is C21H39N5O3. The highest BCUT2D eigenvalue weighted by atomic mass is 16.4. The molecular weight excluding hydrogens is 370 g/mol. The maximum absolute atomic E-state index is 11.7. The van der Waals surface area contributed by atoms with E-state index < -0.39 is 12.0 Å². The predicted molar refractivity (Wildman–Crippen MR) is 112 cm³/mol. The molecule has 1 rings (SSSR count). The van der Waals surface area contributed by atoms with Crippen molar-refractivity contribution >= 4 is 11.9 Å². The molecule has 0 fully saturated rings. The van der Waals surface area contributed by atoms with Crippen LogP contribution < -0.4 is 5.32 Å². The summed E-state index contributed by atoms with van der Waals surface area (Å²) >= 11 is 0. The summed E-state index contributed by atoms with van der Waals surface area (Å²) < 4.78 is 0. The van der Waals surface area contributed by atoms with Gasteiger partial charge in [-0.3, -0.25) is 4.79 Å². The first-order chi connectivity index (χ1) is 14.1. The molecule has 0 radical (unpaired) electrons. The molecule has 166 valence electrons. The van der Waals surface area contributed by atoms with Gasteiger partial charge in [-0.2, -0.15) is 0 Å². The van der Waals surface area contributed by atoms with Gasteiger partial charge in [0.15, 0.2) is 0 Å². The average molecular weight is 410 g/mol. The zero-order valence-corrected chi connectivity index (χ0v) is 18.0. The van der Waals surface area contributed by atoms with Crippen LogP contribution in [0, 0.1) is 0 Å². The van der Waals surface area contributed by atoms with Crippen LogP contribution in [0.2, 0.25) is 0 Å². The average Bonchev–Trinajstić information content (AvgIpc) is 3.22. The number of carboxylic acids is 1. The summed E-state index contributed by atoms with van der Waals surface area (Å²) in [5.41, 5.74) is 0. The number of aliphatic carboxylic acids is 1. The Morgan fingerprint density at radius 3 is 1.86 bits per heavy atom. The molecule has 8 heteroatoms. The second-order valence-electron chi connectivity index (χ2n) is 7.81. The first-order valence-electron chi connectivity index (χ1n) is 11.4. The molecule has 0 aliphatic rings. The molecule has 29 heavy (non-hydrogen) atoms. The van der Waals surface area contributed by atoms with E-state index in [1.165, 1.54) is 57.8 Å². The third kappa shape index (κ3) is 13.8. The lowest BCUT2D eigenvalue weighted by Gasteiger charge is -2.11. The quantitative estimate of drug-likeness (QED) is 0.295. The van der Waals surface area contributed by atoms with Gasteiger partial charge in [-0.05, 0) is 29.7 Å². The highest BCUT2D eigenvalue weighted by Crippen LogP contribution is 2.13. The lowest BCUT2D eigenvalue weighted by atomic mass is 10.0. The SMILES string of the molecule is CCC(NC(=O)CCCCCCCCCCCCCCCc1nnn[nH]1)C(=O)O. The van der Waals surface area contributed by atoms with Crippen molar-refractivity contribution in [2.45, 2.75) is 116 Å². The van der Waals surface area contributed by atoms with Gasteiger partial charge in [0.1, 0.15) is 11.9 Å². The van der Waals surface area contributed by atoms with E-state index in [4.69, 9.17) is 5.11 Å². The molecule has 1 aromatic rings. The normalized spacial score (nSPS) is 12.0. The Bertz CT molecular complexity index is 536. The lowest BCUT2D eigenvalue weighted by Crippen LogP contribution is -2.40. The van der Waals surface area contributed by atoms with Gasteiger partial charge in [0.2, 0.25) is 5.91 Å². The predicted octanol–water partition coefficient (Wildman–Crippen LogP) is 4.18. The van der Waals surface area contributed by atoms with Gasteiger partial charge < -0.3 is 10.4 Å². The van der Waals surface area contributed by atoms with Crippen LogP contribution in [0.4, 0.5) is 0 Å². The van der Waals surface area contributed by atoms with E-state index in [0.717, 1.165) is 37.9 Å². The van der Waals surface area contributed by atoms with Crippen LogP contribution in [0.25, 0.3) is 0 Å². The van der Waals surface area contributed by atoms with Gasteiger partial charge in [0.05, 0.1) is 0 Å². The second-order valence-corrected chi connectivity index (χ2v) is 7.81. The summed E-state index contributed by atoms with van der Waals surface area (Å²) in [6.45, 7) is 1.76. The minimum atomic E-state index is -0.957. The van der Waals surface area contributed by atoms with Gasteiger partial charge in [-0.25, -0.2) is 9.89 Å². The van der Waals surface area contributed by atoms with Crippen molar-refractivity contribution in [3.63, 3.8) is 0 Å². The van der Waals surface area contributed by atoms with Crippen molar-refractivity contribution in [2.24, 2.45) is 0 Å². The number of nitrogens with zero attached hydrogens (tertiary/aromatic N) is 3. The Morgan fingerprint density at radius 2 is 1.41 bits per heavy atom. The fraction of sp³-hybridized carbons (Fsp3) is 0.857. The molecule has 0 aliphatic carbocycles. The summed E-state index contributed by atoms with van der Waals surface area (Å²) in [5, 5.41) is 25.3. The molecule has 3 N–H and O–H groups in total. The number of amides is 1. The van der Waals surface area contributed by atoms with Crippen LogP contribution in [0.15, 0.2) is 0 Å². The lowest BCUT2D eigenvalue weighted by molar-refractivity contribution is -0.141. The summed E-state index contributed by atoms with van der Waals surface area (Å²) in [4.78, 5) is 22.6. The molecule has 0 saturated carbocycles. The number of H-pyrrole nitrogens is 1. The number of carboxylic acid groups (broad SMARTS) is 1. The molecule has 1 aromatic heterocycles. The summed E-state index contributed by atoms with van der Waals surface area (Å²) in [6, 6.07) is -0.751. The molecule has 0 saturated heterocycles. The van der Waals surface area contributed by atoms with Crippen LogP contribution in [0.5, 0.6) is 0 Å². The third-order valence-corrected chi connectivity index (χ3v) is 5.25. The van der Waals surface area contributed by atoms with E-state index in [9.17, 15) is 9.59 Å². The number of unbranched alkanes of at least 4 members (excludes halogenated alkanes) is 12. The smallest absolute Gasteiger partial charge is 0.326 e. The molecule has 0 aliphatic heterocycles. The van der Waals surface area contributed by atoms with E-state index in [1.807, 2.05) is 0 Å². The Morgan fingerprint density at radius 1 is 0.897 bits per heavy atom. The van der Waals surface area contributed by atoms with Gasteiger partial charge in [-0.1, -0.05) is 77.6 Å². The summed E-state index contributed by atoms with van der Waals surface area (Å²) in [6.07, 6.45) is 17.6. The Balaban J connectivity index is 1.77. The van der Waals surface area contributed by atoms with Gasteiger partial charge >= 0.3 is 5.97 Å². The van der Waals surface area contributed by atoms with Gasteiger partial charge in [-0.15, -0.1) is 5.10 Å². The van der Waals surface area contributed by atoms with E-state index in [2.05, 4.69) is 25.9 Å². The number of hydrogen-bond donors (Lipinski definition) is 3. The zero-order valence-electron chi connectivity index (χ0n) is 18.0. The van der Waals surface area contributed by atoms with Crippen molar-refractivity contribution in [2.75, 3.05) is 0 Å². The van der Waals surface area contributed by atoms with Crippen molar-refractivity contribution in [3.05, 3.63) is 5.82 Å². The van der Waals surface area contributed by atoms with E-state index >= 15 is 0 Å².